The highest BCUT2D eigenvalue weighted by Crippen LogP contribution is 2.19. The summed E-state index contributed by atoms with van der Waals surface area (Å²) in [5, 5.41) is 0. The SMILES string of the molecule is O=C(CCC1CCCO1)Oc1ccccc1F. The van der Waals surface area contributed by atoms with Gasteiger partial charge in [0.1, 0.15) is 0 Å². The monoisotopic (exact) mass is 238 g/mol. The third kappa shape index (κ3) is 3.53. The lowest BCUT2D eigenvalue weighted by Crippen LogP contribution is -2.13. The molecular weight excluding hydrogens is 223 g/mol. The van der Waals surface area contributed by atoms with Crippen LogP contribution < -0.4 is 4.74 Å². The van der Waals surface area contributed by atoms with Crippen molar-refractivity contribution in [3.05, 3.63) is 30.1 Å². The Bertz CT molecular complexity index is 386. The van der Waals surface area contributed by atoms with Gasteiger partial charge in [-0.05, 0) is 31.4 Å². The molecule has 0 amide bonds. The van der Waals surface area contributed by atoms with Gasteiger partial charge in [-0.2, -0.15) is 0 Å². The molecule has 0 N–H and O–H groups in total. The van der Waals surface area contributed by atoms with Crippen LogP contribution in [0.2, 0.25) is 0 Å². The molecule has 0 saturated carbocycles. The summed E-state index contributed by atoms with van der Waals surface area (Å²) in [7, 11) is 0. The summed E-state index contributed by atoms with van der Waals surface area (Å²) in [4.78, 5) is 11.5. The smallest absolute Gasteiger partial charge is 0.311 e. The van der Waals surface area contributed by atoms with Gasteiger partial charge in [-0.15, -0.1) is 0 Å². The number of carbonyl (C=O) groups excluding carboxylic acids is 1. The van der Waals surface area contributed by atoms with Gasteiger partial charge in [0, 0.05) is 13.0 Å². The Kier molecular flexibility index (Phi) is 4.09. The molecule has 2 rings (SSSR count). The van der Waals surface area contributed by atoms with Gasteiger partial charge in [0.15, 0.2) is 11.6 Å². The highest BCUT2D eigenvalue weighted by Gasteiger charge is 2.17. The van der Waals surface area contributed by atoms with Crippen molar-refractivity contribution in [2.24, 2.45) is 0 Å². The van der Waals surface area contributed by atoms with Crippen LogP contribution in [0, 0.1) is 5.82 Å². The van der Waals surface area contributed by atoms with Crippen molar-refractivity contribution in [1.29, 1.82) is 0 Å². The quantitative estimate of drug-likeness (QED) is 0.597. The minimum atomic E-state index is -0.516. The van der Waals surface area contributed by atoms with E-state index in [2.05, 4.69) is 0 Å². The van der Waals surface area contributed by atoms with Gasteiger partial charge in [0.05, 0.1) is 6.10 Å². The molecule has 1 atom stereocenters. The van der Waals surface area contributed by atoms with Gasteiger partial charge in [-0.3, -0.25) is 4.79 Å². The summed E-state index contributed by atoms with van der Waals surface area (Å²) in [6.45, 7) is 0.771. The molecule has 0 radical (unpaired) electrons. The lowest BCUT2D eigenvalue weighted by atomic mass is 10.1. The van der Waals surface area contributed by atoms with E-state index >= 15 is 0 Å². The van der Waals surface area contributed by atoms with E-state index in [1.807, 2.05) is 0 Å². The molecule has 1 fully saturated rings. The Hall–Kier alpha value is -1.42. The number of para-hydroxylation sites is 1. The van der Waals surface area contributed by atoms with Gasteiger partial charge in [0.2, 0.25) is 0 Å². The Morgan fingerprint density at radius 1 is 1.47 bits per heavy atom. The van der Waals surface area contributed by atoms with Crippen LogP contribution in [0.5, 0.6) is 5.75 Å². The van der Waals surface area contributed by atoms with Gasteiger partial charge in [-0.25, -0.2) is 4.39 Å². The van der Waals surface area contributed by atoms with E-state index in [1.165, 1.54) is 12.1 Å². The molecule has 3 nitrogen and oxygen atoms in total. The minimum absolute atomic E-state index is 0.00941. The first kappa shape index (κ1) is 12.0. The lowest BCUT2D eigenvalue weighted by Gasteiger charge is -2.08. The van der Waals surface area contributed by atoms with Crippen LogP contribution in [0.25, 0.3) is 0 Å². The predicted octanol–water partition coefficient (Wildman–Crippen LogP) is 2.69. The Morgan fingerprint density at radius 3 is 3.00 bits per heavy atom. The predicted molar refractivity (Wildman–Crippen MR) is 60.2 cm³/mol. The summed E-state index contributed by atoms with van der Waals surface area (Å²) in [6.07, 6.45) is 3.11. The Labute approximate surface area is 99.5 Å². The number of benzene rings is 1. The summed E-state index contributed by atoms with van der Waals surface area (Å²) in [5.74, 6) is -0.937. The average Bonchev–Trinajstić information content (AvgIpc) is 2.82. The van der Waals surface area contributed by atoms with Crippen LogP contribution in [0.4, 0.5) is 4.39 Å². The van der Waals surface area contributed by atoms with Crippen molar-refractivity contribution in [3.8, 4) is 5.75 Å². The second kappa shape index (κ2) is 5.77. The zero-order chi connectivity index (χ0) is 12.1. The van der Waals surface area contributed by atoms with Crippen molar-refractivity contribution in [2.75, 3.05) is 6.61 Å². The molecule has 1 saturated heterocycles. The second-order valence-electron chi connectivity index (χ2n) is 4.08. The van der Waals surface area contributed by atoms with Crippen molar-refractivity contribution in [3.63, 3.8) is 0 Å². The van der Waals surface area contributed by atoms with Gasteiger partial charge < -0.3 is 9.47 Å². The normalized spacial score (nSPS) is 19.2. The molecule has 1 aromatic carbocycles. The molecule has 0 aromatic heterocycles. The summed E-state index contributed by atoms with van der Waals surface area (Å²) < 4.78 is 23.5. The number of carbonyl (C=O) groups is 1. The van der Waals surface area contributed by atoms with Gasteiger partial charge in [0.25, 0.3) is 0 Å². The molecule has 0 aliphatic carbocycles. The Balaban J connectivity index is 1.79. The molecule has 0 spiro atoms. The fourth-order valence-corrected chi connectivity index (χ4v) is 1.85. The van der Waals surface area contributed by atoms with Crippen LogP contribution in [0.3, 0.4) is 0 Å². The van der Waals surface area contributed by atoms with E-state index in [4.69, 9.17) is 9.47 Å². The van der Waals surface area contributed by atoms with Crippen molar-refractivity contribution in [2.45, 2.75) is 31.8 Å². The molecule has 92 valence electrons. The van der Waals surface area contributed by atoms with Crippen LogP contribution in [-0.4, -0.2) is 18.7 Å². The highest BCUT2D eigenvalue weighted by molar-refractivity contribution is 5.72. The molecule has 1 aliphatic heterocycles. The number of rotatable bonds is 4. The lowest BCUT2D eigenvalue weighted by molar-refractivity contribution is -0.135. The van der Waals surface area contributed by atoms with Crippen LogP contribution in [-0.2, 0) is 9.53 Å². The number of hydrogen-bond donors (Lipinski definition) is 0. The summed E-state index contributed by atoms with van der Waals surface area (Å²) in [6, 6.07) is 5.90. The fraction of sp³-hybridized carbons (Fsp3) is 0.462. The molecule has 1 aromatic rings. The number of esters is 1. The maximum Gasteiger partial charge on any atom is 0.311 e. The van der Waals surface area contributed by atoms with E-state index in [0.717, 1.165) is 19.4 Å². The molecule has 1 heterocycles. The van der Waals surface area contributed by atoms with Gasteiger partial charge in [-0.1, -0.05) is 12.1 Å². The van der Waals surface area contributed by atoms with Crippen molar-refractivity contribution >= 4 is 5.97 Å². The van der Waals surface area contributed by atoms with E-state index in [0.29, 0.717) is 6.42 Å². The number of ether oxygens (including phenoxy) is 2. The van der Waals surface area contributed by atoms with Crippen molar-refractivity contribution < 1.29 is 18.7 Å². The zero-order valence-electron chi connectivity index (χ0n) is 9.52. The Morgan fingerprint density at radius 2 is 2.29 bits per heavy atom. The topological polar surface area (TPSA) is 35.5 Å². The first-order valence-electron chi connectivity index (χ1n) is 5.82. The highest BCUT2D eigenvalue weighted by atomic mass is 19.1. The van der Waals surface area contributed by atoms with Crippen LogP contribution in [0.15, 0.2) is 24.3 Å². The summed E-state index contributed by atoms with van der Waals surface area (Å²) >= 11 is 0. The summed E-state index contributed by atoms with van der Waals surface area (Å²) in [5.41, 5.74) is 0. The minimum Gasteiger partial charge on any atom is -0.423 e. The standard InChI is InChI=1S/C13H15FO3/c14-11-5-1-2-6-12(11)17-13(15)8-7-10-4-3-9-16-10/h1-2,5-6,10H,3-4,7-9H2. The van der Waals surface area contributed by atoms with Gasteiger partial charge >= 0.3 is 5.97 Å². The number of hydrogen-bond acceptors (Lipinski definition) is 3. The van der Waals surface area contributed by atoms with E-state index < -0.39 is 11.8 Å². The van der Waals surface area contributed by atoms with Crippen LogP contribution >= 0.6 is 0 Å². The molecule has 0 bridgehead atoms. The van der Waals surface area contributed by atoms with E-state index in [-0.39, 0.29) is 18.3 Å². The zero-order valence-corrected chi connectivity index (χ0v) is 9.52. The molecule has 4 heteroatoms. The van der Waals surface area contributed by atoms with Crippen molar-refractivity contribution in [1.82, 2.24) is 0 Å². The third-order valence-electron chi connectivity index (χ3n) is 2.75. The number of halogens is 1. The van der Waals surface area contributed by atoms with Crippen LogP contribution in [0.1, 0.15) is 25.7 Å². The molecule has 1 unspecified atom stereocenters. The maximum atomic E-state index is 13.2. The molecule has 17 heavy (non-hydrogen) atoms. The second-order valence-corrected chi connectivity index (χ2v) is 4.08. The fourth-order valence-electron chi connectivity index (χ4n) is 1.85. The first-order valence-corrected chi connectivity index (χ1v) is 5.82. The van der Waals surface area contributed by atoms with E-state index in [1.54, 1.807) is 12.1 Å². The first-order chi connectivity index (χ1) is 8.25. The average molecular weight is 238 g/mol. The third-order valence-corrected chi connectivity index (χ3v) is 2.75. The van der Waals surface area contributed by atoms with E-state index in [9.17, 15) is 9.18 Å². The molecule has 1 aliphatic rings. The molecular formula is C13H15FO3. The largest absolute Gasteiger partial charge is 0.423 e. The maximum absolute atomic E-state index is 13.2.